The molecule has 2 rings (SSSR count). The van der Waals surface area contributed by atoms with E-state index in [4.69, 9.17) is 4.74 Å². The van der Waals surface area contributed by atoms with Crippen LogP contribution in [-0.2, 0) is 4.79 Å². The second kappa shape index (κ2) is 9.61. The third kappa shape index (κ3) is 6.17. The van der Waals surface area contributed by atoms with Gasteiger partial charge in [0, 0.05) is 31.7 Å². The molecule has 0 radical (unpaired) electrons. The average Bonchev–Trinajstić information content (AvgIpc) is 2.46. The van der Waals surface area contributed by atoms with Crippen LogP contribution >= 0.6 is 12.4 Å². The zero-order valence-electron chi connectivity index (χ0n) is 12.7. The summed E-state index contributed by atoms with van der Waals surface area (Å²) in [6.07, 6.45) is 0. The summed E-state index contributed by atoms with van der Waals surface area (Å²) in [6.45, 7) is 5.96. The van der Waals surface area contributed by atoms with Crippen molar-refractivity contribution in [2.45, 2.75) is 13.0 Å². The number of amides is 1. The second-order valence-corrected chi connectivity index (χ2v) is 5.18. The molecule has 7 heteroatoms. The normalized spacial score (nSPS) is 18.4. The molecule has 0 aliphatic carbocycles. The Morgan fingerprint density at radius 2 is 2.36 bits per heavy atom. The number of carbonyl (C=O) groups excluding carboxylic acids is 1. The molecule has 0 aromatic heterocycles. The highest BCUT2D eigenvalue weighted by molar-refractivity contribution is 5.85. The number of hydrogen-bond donors (Lipinski definition) is 2. The summed E-state index contributed by atoms with van der Waals surface area (Å²) >= 11 is 0. The highest BCUT2D eigenvalue weighted by Crippen LogP contribution is 2.11. The Balaban J connectivity index is 0.00000242. The fourth-order valence-corrected chi connectivity index (χ4v) is 2.27. The lowest BCUT2D eigenvalue weighted by atomic mass is 10.2. The van der Waals surface area contributed by atoms with Crippen LogP contribution in [0.5, 0.6) is 5.75 Å². The Labute approximate surface area is 136 Å². The van der Waals surface area contributed by atoms with Crippen LogP contribution in [0.4, 0.5) is 4.39 Å². The fraction of sp³-hybridized carbons (Fsp3) is 0.533. The monoisotopic (exact) mass is 331 g/mol. The van der Waals surface area contributed by atoms with Gasteiger partial charge in [0.2, 0.25) is 5.91 Å². The molecular weight excluding hydrogens is 309 g/mol. The summed E-state index contributed by atoms with van der Waals surface area (Å²) in [6, 6.07) is 6.34. The van der Waals surface area contributed by atoms with E-state index in [1.165, 1.54) is 12.1 Å². The molecule has 22 heavy (non-hydrogen) atoms. The van der Waals surface area contributed by atoms with E-state index in [9.17, 15) is 9.18 Å². The lowest BCUT2D eigenvalue weighted by Gasteiger charge is -2.33. The molecule has 0 spiro atoms. The smallest absolute Gasteiger partial charge is 0.234 e. The fourth-order valence-electron chi connectivity index (χ4n) is 2.27. The number of nitrogens with one attached hydrogen (secondary N) is 2. The lowest BCUT2D eigenvalue weighted by molar-refractivity contribution is -0.123. The molecule has 1 heterocycles. The van der Waals surface area contributed by atoms with Crippen molar-refractivity contribution >= 4 is 18.3 Å². The minimum absolute atomic E-state index is 0. The standard InChI is InChI=1S/C15H22FN3O2.ClH/c1-12-10-17-5-7-19(12)11-15(20)18-6-8-21-14-4-2-3-13(16)9-14;/h2-4,9,12,17H,5-8,10-11H2,1H3,(H,18,20);1H/t12-;/m0./s1. The molecule has 0 bridgehead atoms. The van der Waals surface area contributed by atoms with E-state index in [2.05, 4.69) is 22.5 Å². The number of hydrogen-bond acceptors (Lipinski definition) is 4. The predicted octanol–water partition coefficient (Wildman–Crippen LogP) is 1.04. The van der Waals surface area contributed by atoms with E-state index >= 15 is 0 Å². The van der Waals surface area contributed by atoms with Crippen LogP contribution in [0.2, 0.25) is 0 Å². The Hall–Kier alpha value is -1.37. The van der Waals surface area contributed by atoms with Gasteiger partial charge in [-0.05, 0) is 19.1 Å². The van der Waals surface area contributed by atoms with Gasteiger partial charge in [0.1, 0.15) is 18.2 Å². The first kappa shape index (κ1) is 18.7. The molecule has 0 unspecified atom stereocenters. The molecular formula is C15H23ClFN3O2. The molecule has 1 fully saturated rings. The van der Waals surface area contributed by atoms with Gasteiger partial charge in [-0.15, -0.1) is 12.4 Å². The zero-order valence-corrected chi connectivity index (χ0v) is 13.5. The van der Waals surface area contributed by atoms with E-state index < -0.39 is 0 Å². The van der Waals surface area contributed by atoms with Crippen LogP contribution in [0.25, 0.3) is 0 Å². The molecule has 1 aromatic carbocycles. The maximum Gasteiger partial charge on any atom is 0.234 e. The van der Waals surface area contributed by atoms with Crippen molar-refractivity contribution in [3.8, 4) is 5.75 Å². The number of carbonyl (C=O) groups is 1. The maximum atomic E-state index is 12.9. The summed E-state index contributed by atoms with van der Waals surface area (Å²) < 4.78 is 18.3. The third-order valence-corrected chi connectivity index (χ3v) is 3.47. The second-order valence-electron chi connectivity index (χ2n) is 5.18. The Bertz CT molecular complexity index is 476. The lowest BCUT2D eigenvalue weighted by Crippen LogP contribution is -2.52. The first-order chi connectivity index (χ1) is 10.1. The van der Waals surface area contributed by atoms with Crippen LogP contribution < -0.4 is 15.4 Å². The highest BCUT2D eigenvalue weighted by atomic mass is 35.5. The van der Waals surface area contributed by atoms with Crippen LogP contribution in [0.1, 0.15) is 6.92 Å². The molecule has 1 saturated heterocycles. The number of ether oxygens (including phenoxy) is 1. The molecule has 1 aromatic rings. The van der Waals surface area contributed by atoms with E-state index in [0.29, 0.717) is 31.5 Å². The number of benzene rings is 1. The Kier molecular flexibility index (Phi) is 8.16. The van der Waals surface area contributed by atoms with Crippen LogP contribution in [-0.4, -0.2) is 56.2 Å². The van der Waals surface area contributed by atoms with Crippen LogP contribution in [0, 0.1) is 5.82 Å². The number of halogens is 2. The number of nitrogens with zero attached hydrogens (tertiary/aromatic N) is 1. The molecule has 1 amide bonds. The first-order valence-electron chi connectivity index (χ1n) is 7.25. The third-order valence-electron chi connectivity index (χ3n) is 3.47. The predicted molar refractivity (Wildman–Crippen MR) is 86.1 cm³/mol. The van der Waals surface area contributed by atoms with Gasteiger partial charge in [0.05, 0.1) is 13.1 Å². The van der Waals surface area contributed by atoms with Crippen LogP contribution in [0.15, 0.2) is 24.3 Å². The van der Waals surface area contributed by atoms with E-state index in [1.54, 1.807) is 12.1 Å². The number of rotatable bonds is 6. The van der Waals surface area contributed by atoms with Crippen molar-refractivity contribution in [1.29, 1.82) is 0 Å². The first-order valence-corrected chi connectivity index (χ1v) is 7.25. The number of piperazine rings is 1. The summed E-state index contributed by atoms with van der Waals surface area (Å²) in [7, 11) is 0. The molecule has 0 saturated carbocycles. The Morgan fingerprint density at radius 3 is 3.09 bits per heavy atom. The van der Waals surface area contributed by atoms with Crippen molar-refractivity contribution in [1.82, 2.24) is 15.5 Å². The summed E-state index contributed by atoms with van der Waals surface area (Å²) in [4.78, 5) is 14.0. The van der Waals surface area contributed by atoms with Gasteiger partial charge < -0.3 is 15.4 Å². The van der Waals surface area contributed by atoms with Crippen molar-refractivity contribution in [3.05, 3.63) is 30.1 Å². The van der Waals surface area contributed by atoms with Crippen molar-refractivity contribution in [2.24, 2.45) is 0 Å². The van der Waals surface area contributed by atoms with Gasteiger partial charge in [-0.1, -0.05) is 6.07 Å². The summed E-state index contributed by atoms with van der Waals surface area (Å²) in [5.74, 6) is 0.135. The van der Waals surface area contributed by atoms with Gasteiger partial charge in [-0.2, -0.15) is 0 Å². The van der Waals surface area contributed by atoms with Crippen LogP contribution in [0.3, 0.4) is 0 Å². The summed E-state index contributed by atoms with van der Waals surface area (Å²) in [5, 5.41) is 6.10. The van der Waals surface area contributed by atoms with Crippen molar-refractivity contribution in [2.75, 3.05) is 39.3 Å². The molecule has 1 aliphatic heterocycles. The molecule has 2 N–H and O–H groups in total. The largest absolute Gasteiger partial charge is 0.492 e. The van der Waals surface area contributed by atoms with Crippen molar-refractivity contribution in [3.63, 3.8) is 0 Å². The van der Waals surface area contributed by atoms with E-state index in [0.717, 1.165) is 19.6 Å². The minimum atomic E-state index is -0.329. The highest BCUT2D eigenvalue weighted by Gasteiger charge is 2.19. The summed E-state index contributed by atoms with van der Waals surface area (Å²) in [5.41, 5.74) is 0. The SMILES string of the molecule is C[C@H]1CNCCN1CC(=O)NCCOc1cccc(F)c1.Cl. The van der Waals surface area contributed by atoms with Gasteiger partial charge >= 0.3 is 0 Å². The minimum Gasteiger partial charge on any atom is -0.492 e. The van der Waals surface area contributed by atoms with Gasteiger partial charge in [-0.3, -0.25) is 9.69 Å². The topological polar surface area (TPSA) is 53.6 Å². The molecule has 5 nitrogen and oxygen atoms in total. The zero-order chi connectivity index (χ0) is 15.1. The van der Waals surface area contributed by atoms with E-state index in [-0.39, 0.29) is 24.1 Å². The quantitative estimate of drug-likeness (QED) is 0.765. The van der Waals surface area contributed by atoms with Gasteiger partial charge in [0.25, 0.3) is 0 Å². The van der Waals surface area contributed by atoms with Gasteiger partial charge in [-0.25, -0.2) is 4.39 Å². The Morgan fingerprint density at radius 1 is 1.55 bits per heavy atom. The maximum absolute atomic E-state index is 12.9. The molecule has 124 valence electrons. The molecule has 1 atom stereocenters. The average molecular weight is 332 g/mol. The van der Waals surface area contributed by atoms with E-state index in [1.807, 2.05) is 0 Å². The van der Waals surface area contributed by atoms with Gasteiger partial charge in [0.15, 0.2) is 0 Å². The van der Waals surface area contributed by atoms with Crippen molar-refractivity contribution < 1.29 is 13.9 Å². The molecule has 1 aliphatic rings.